The molecule has 0 spiro atoms. The van der Waals surface area contributed by atoms with E-state index in [1.807, 2.05) is 0 Å². The van der Waals surface area contributed by atoms with Crippen molar-refractivity contribution in [3.63, 3.8) is 0 Å². The smallest absolute Gasteiger partial charge is 0.261 e. The summed E-state index contributed by atoms with van der Waals surface area (Å²) in [7, 11) is -3.76. The SMILES string of the molecule is O=S(=O)(Nc1ccc(SCc2ccc(F)cc2)cc1)c1ccc(F)cc1. The van der Waals surface area contributed by atoms with E-state index in [9.17, 15) is 17.2 Å². The van der Waals surface area contributed by atoms with Gasteiger partial charge in [-0.25, -0.2) is 17.2 Å². The van der Waals surface area contributed by atoms with Crippen molar-refractivity contribution in [1.29, 1.82) is 0 Å². The molecule has 134 valence electrons. The lowest BCUT2D eigenvalue weighted by atomic mass is 10.2. The molecule has 0 aromatic heterocycles. The molecule has 0 atom stereocenters. The fourth-order valence-corrected chi connectivity index (χ4v) is 4.11. The summed E-state index contributed by atoms with van der Waals surface area (Å²) in [6, 6.07) is 17.9. The number of rotatable bonds is 6. The van der Waals surface area contributed by atoms with Gasteiger partial charge in [-0.2, -0.15) is 0 Å². The first-order chi connectivity index (χ1) is 12.4. The van der Waals surface area contributed by atoms with Crippen molar-refractivity contribution in [1.82, 2.24) is 0 Å². The summed E-state index contributed by atoms with van der Waals surface area (Å²) in [6.45, 7) is 0. The minimum Gasteiger partial charge on any atom is -0.280 e. The molecular formula is C19H15F2NO2S2. The quantitative estimate of drug-likeness (QED) is 0.598. The van der Waals surface area contributed by atoms with Crippen LogP contribution in [0.4, 0.5) is 14.5 Å². The Bertz CT molecular complexity index is 972. The molecular weight excluding hydrogens is 376 g/mol. The van der Waals surface area contributed by atoms with Gasteiger partial charge in [0, 0.05) is 16.3 Å². The zero-order chi connectivity index (χ0) is 18.6. The van der Waals surface area contributed by atoms with E-state index in [1.54, 1.807) is 48.2 Å². The second kappa shape index (κ2) is 7.88. The van der Waals surface area contributed by atoms with Crippen LogP contribution in [0.1, 0.15) is 5.56 Å². The second-order valence-corrected chi connectivity index (χ2v) is 8.23. The topological polar surface area (TPSA) is 46.2 Å². The number of nitrogens with one attached hydrogen (secondary N) is 1. The van der Waals surface area contributed by atoms with Crippen molar-refractivity contribution in [2.45, 2.75) is 15.5 Å². The molecule has 0 aliphatic rings. The molecule has 0 saturated heterocycles. The van der Waals surface area contributed by atoms with E-state index < -0.39 is 15.8 Å². The highest BCUT2D eigenvalue weighted by Gasteiger charge is 2.14. The zero-order valence-electron chi connectivity index (χ0n) is 13.5. The van der Waals surface area contributed by atoms with Crippen LogP contribution in [0.2, 0.25) is 0 Å². The van der Waals surface area contributed by atoms with E-state index in [1.165, 1.54) is 24.3 Å². The van der Waals surface area contributed by atoms with Crippen molar-refractivity contribution in [3.8, 4) is 0 Å². The largest absolute Gasteiger partial charge is 0.280 e. The maximum Gasteiger partial charge on any atom is 0.261 e. The predicted octanol–water partition coefficient (Wildman–Crippen LogP) is 5.06. The molecule has 3 aromatic rings. The molecule has 0 unspecified atom stereocenters. The molecule has 0 fully saturated rings. The highest BCUT2D eigenvalue weighted by atomic mass is 32.2. The Balaban J connectivity index is 1.63. The molecule has 3 nitrogen and oxygen atoms in total. The number of hydrogen-bond donors (Lipinski definition) is 1. The normalized spacial score (nSPS) is 11.3. The molecule has 7 heteroatoms. The van der Waals surface area contributed by atoms with Crippen molar-refractivity contribution >= 4 is 27.5 Å². The third kappa shape index (κ3) is 4.83. The van der Waals surface area contributed by atoms with E-state index in [4.69, 9.17) is 0 Å². The Morgan fingerprint density at radius 2 is 1.31 bits per heavy atom. The first kappa shape index (κ1) is 18.4. The van der Waals surface area contributed by atoms with Crippen molar-refractivity contribution in [3.05, 3.63) is 90.0 Å². The first-order valence-corrected chi connectivity index (χ1v) is 10.1. The van der Waals surface area contributed by atoms with Crippen LogP contribution in [-0.2, 0) is 15.8 Å². The van der Waals surface area contributed by atoms with Crippen LogP contribution in [0.25, 0.3) is 0 Å². The highest BCUT2D eigenvalue weighted by molar-refractivity contribution is 7.98. The number of thioether (sulfide) groups is 1. The molecule has 1 N–H and O–H groups in total. The van der Waals surface area contributed by atoms with Gasteiger partial charge in [0.1, 0.15) is 11.6 Å². The number of sulfonamides is 1. The summed E-state index contributed by atoms with van der Waals surface area (Å²) in [4.78, 5) is 0.952. The Morgan fingerprint density at radius 1 is 0.769 bits per heavy atom. The summed E-state index contributed by atoms with van der Waals surface area (Å²) in [5.74, 6) is -0.0796. The van der Waals surface area contributed by atoms with Gasteiger partial charge in [-0.1, -0.05) is 12.1 Å². The Morgan fingerprint density at radius 3 is 1.88 bits per heavy atom. The molecule has 0 aliphatic heterocycles. The van der Waals surface area contributed by atoms with E-state index >= 15 is 0 Å². The van der Waals surface area contributed by atoms with Crippen molar-refractivity contribution < 1.29 is 17.2 Å². The van der Waals surface area contributed by atoms with Crippen LogP contribution in [-0.4, -0.2) is 8.42 Å². The maximum absolute atomic E-state index is 12.9. The summed E-state index contributed by atoms with van der Waals surface area (Å²) in [5.41, 5.74) is 1.41. The summed E-state index contributed by atoms with van der Waals surface area (Å²) in [6.07, 6.45) is 0. The second-order valence-electron chi connectivity index (χ2n) is 5.50. The molecule has 3 aromatic carbocycles. The lowest BCUT2D eigenvalue weighted by Gasteiger charge is -2.09. The van der Waals surface area contributed by atoms with Crippen LogP contribution < -0.4 is 4.72 Å². The molecule has 0 amide bonds. The van der Waals surface area contributed by atoms with Gasteiger partial charge in [0.2, 0.25) is 0 Å². The van der Waals surface area contributed by atoms with Gasteiger partial charge in [-0.3, -0.25) is 4.72 Å². The Labute approximate surface area is 155 Å². The van der Waals surface area contributed by atoms with Crippen LogP contribution >= 0.6 is 11.8 Å². The summed E-state index contributed by atoms with van der Waals surface area (Å²) < 4.78 is 52.8. The van der Waals surface area contributed by atoms with E-state index in [2.05, 4.69) is 4.72 Å². The Kier molecular flexibility index (Phi) is 5.58. The average molecular weight is 391 g/mol. The van der Waals surface area contributed by atoms with Gasteiger partial charge in [-0.05, 0) is 66.2 Å². The predicted molar refractivity (Wildman–Crippen MR) is 99.6 cm³/mol. The van der Waals surface area contributed by atoms with E-state index in [-0.39, 0.29) is 10.7 Å². The van der Waals surface area contributed by atoms with Gasteiger partial charge in [0.25, 0.3) is 10.0 Å². The molecule has 3 rings (SSSR count). The van der Waals surface area contributed by atoms with Crippen molar-refractivity contribution in [2.75, 3.05) is 4.72 Å². The average Bonchev–Trinajstić information content (AvgIpc) is 2.62. The minimum atomic E-state index is -3.76. The summed E-state index contributed by atoms with van der Waals surface area (Å²) >= 11 is 1.56. The standard InChI is InChI=1S/C19H15F2NO2S2/c20-15-3-1-14(2-4-15)13-25-18-9-7-17(8-10-18)22-26(23,24)19-11-5-16(21)6-12-19/h1-12,22H,13H2. The Hall–Kier alpha value is -2.38. The molecule has 0 bridgehead atoms. The highest BCUT2D eigenvalue weighted by Crippen LogP contribution is 2.25. The van der Waals surface area contributed by atoms with E-state index in [0.717, 1.165) is 22.6 Å². The maximum atomic E-state index is 12.9. The lowest BCUT2D eigenvalue weighted by molar-refractivity contribution is 0.599. The summed E-state index contributed by atoms with van der Waals surface area (Å²) in [5, 5.41) is 0. The van der Waals surface area contributed by atoms with Gasteiger partial charge in [0.05, 0.1) is 4.90 Å². The van der Waals surface area contributed by atoms with Crippen LogP contribution in [0.3, 0.4) is 0 Å². The van der Waals surface area contributed by atoms with Gasteiger partial charge in [-0.15, -0.1) is 11.8 Å². The molecule has 26 heavy (non-hydrogen) atoms. The fraction of sp³-hybridized carbons (Fsp3) is 0.0526. The molecule has 0 radical (unpaired) electrons. The van der Waals surface area contributed by atoms with Gasteiger partial charge in [0.15, 0.2) is 0 Å². The number of anilines is 1. The van der Waals surface area contributed by atoms with Crippen LogP contribution in [0.5, 0.6) is 0 Å². The number of benzene rings is 3. The molecule has 0 aliphatic carbocycles. The molecule has 0 heterocycles. The third-order valence-electron chi connectivity index (χ3n) is 3.55. The molecule has 0 saturated carbocycles. The fourth-order valence-electron chi connectivity index (χ4n) is 2.19. The van der Waals surface area contributed by atoms with E-state index in [0.29, 0.717) is 11.4 Å². The van der Waals surface area contributed by atoms with Crippen molar-refractivity contribution in [2.24, 2.45) is 0 Å². The number of hydrogen-bond acceptors (Lipinski definition) is 3. The van der Waals surface area contributed by atoms with Crippen LogP contribution in [0.15, 0.2) is 82.6 Å². The van der Waals surface area contributed by atoms with Gasteiger partial charge < -0.3 is 0 Å². The third-order valence-corrected chi connectivity index (χ3v) is 6.03. The lowest BCUT2D eigenvalue weighted by Crippen LogP contribution is -2.12. The monoisotopic (exact) mass is 391 g/mol. The zero-order valence-corrected chi connectivity index (χ0v) is 15.2. The number of halogens is 2. The van der Waals surface area contributed by atoms with Gasteiger partial charge >= 0.3 is 0 Å². The minimum absolute atomic E-state index is 0.00587. The van der Waals surface area contributed by atoms with Crippen LogP contribution in [0, 0.1) is 11.6 Å². The first-order valence-electron chi connectivity index (χ1n) is 7.68.